The quantitative estimate of drug-likeness (QED) is 0.413. The molecular formula is C17H21IN4OS. The minimum absolute atomic E-state index is 0. The first-order valence-electron chi connectivity index (χ1n) is 7.62. The first-order chi connectivity index (χ1) is 11.3. The number of para-hydroxylation sites is 1. The lowest BCUT2D eigenvalue weighted by atomic mass is 10.2. The zero-order chi connectivity index (χ0) is 16.1. The molecule has 2 aromatic rings. The van der Waals surface area contributed by atoms with E-state index in [1.807, 2.05) is 29.2 Å². The Morgan fingerprint density at radius 3 is 2.88 bits per heavy atom. The van der Waals surface area contributed by atoms with Gasteiger partial charge in [0.15, 0.2) is 5.96 Å². The number of anilines is 1. The van der Waals surface area contributed by atoms with Gasteiger partial charge in [0.05, 0.1) is 6.42 Å². The van der Waals surface area contributed by atoms with Crippen molar-refractivity contribution >= 4 is 52.9 Å². The van der Waals surface area contributed by atoms with Crippen LogP contribution in [0, 0.1) is 0 Å². The third-order valence-corrected chi connectivity index (χ3v) is 4.55. The summed E-state index contributed by atoms with van der Waals surface area (Å²) in [5, 5.41) is 10.7. The molecule has 0 fully saturated rings. The van der Waals surface area contributed by atoms with Crippen molar-refractivity contribution in [3.63, 3.8) is 0 Å². The van der Waals surface area contributed by atoms with Gasteiger partial charge in [-0.25, -0.2) is 0 Å². The van der Waals surface area contributed by atoms with Gasteiger partial charge in [0.25, 0.3) is 0 Å². The van der Waals surface area contributed by atoms with Crippen LogP contribution in [0.3, 0.4) is 0 Å². The second-order valence-electron chi connectivity index (χ2n) is 5.34. The number of hydrogen-bond acceptors (Lipinski definition) is 3. The van der Waals surface area contributed by atoms with Crippen LogP contribution in [0.5, 0.6) is 0 Å². The average Bonchev–Trinajstić information content (AvgIpc) is 3.18. The number of thiophene rings is 1. The summed E-state index contributed by atoms with van der Waals surface area (Å²) in [5.41, 5.74) is 3.37. The Hall–Kier alpha value is -1.61. The molecule has 3 rings (SSSR count). The SMILES string of the molecule is CN=C(NCCN1C(=O)Cc2ccccc21)NCc1ccsc1.I. The number of hydrogen-bond donors (Lipinski definition) is 2. The summed E-state index contributed by atoms with van der Waals surface area (Å²) < 4.78 is 0. The Kier molecular flexibility index (Phi) is 7.04. The summed E-state index contributed by atoms with van der Waals surface area (Å²) in [5.74, 6) is 0.908. The highest BCUT2D eigenvalue weighted by molar-refractivity contribution is 14.0. The molecule has 0 unspecified atom stereocenters. The van der Waals surface area contributed by atoms with E-state index in [0.29, 0.717) is 19.5 Å². The van der Waals surface area contributed by atoms with Crippen molar-refractivity contribution in [2.24, 2.45) is 4.99 Å². The van der Waals surface area contributed by atoms with E-state index in [2.05, 4.69) is 32.5 Å². The van der Waals surface area contributed by atoms with Crippen molar-refractivity contribution in [2.45, 2.75) is 13.0 Å². The van der Waals surface area contributed by atoms with Crippen molar-refractivity contribution in [2.75, 3.05) is 25.0 Å². The molecule has 0 atom stereocenters. The highest BCUT2D eigenvalue weighted by atomic mass is 127. The number of nitrogens with one attached hydrogen (secondary N) is 2. The van der Waals surface area contributed by atoms with Crippen LogP contribution in [0.2, 0.25) is 0 Å². The predicted octanol–water partition coefficient (Wildman–Crippen LogP) is 2.62. The van der Waals surface area contributed by atoms with Crippen LogP contribution in [-0.2, 0) is 17.8 Å². The van der Waals surface area contributed by atoms with Crippen molar-refractivity contribution in [1.29, 1.82) is 0 Å². The molecule has 0 spiro atoms. The number of guanidine groups is 1. The number of amides is 1. The van der Waals surface area contributed by atoms with E-state index in [9.17, 15) is 4.79 Å². The van der Waals surface area contributed by atoms with Crippen LogP contribution in [-0.4, -0.2) is 32.0 Å². The molecule has 0 radical (unpaired) electrons. The average molecular weight is 456 g/mol. The third kappa shape index (κ3) is 4.47. The molecule has 1 aliphatic rings. The van der Waals surface area contributed by atoms with Crippen molar-refractivity contribution in [1.82, 2.24) is 10.6 Å². The fourth-order valence-electron chi connectivity index (χ4n) is 2.65. The lowest BCUT2D eigenvalue weighted by Crippen LogP contribution is -2.42. The molecule has 1 aliphatic heterocycles. The number of aliphatic imine (C=N–C) groups is 1. The van der Waals surface area contributed by atoms with E-state index >= 15 is 0 Å². The molecule has 5 nitrogen and oxygen atoms in total. The predicted molar refractivity (Wildman–Crippen MR) is 110 cm³/mol. The second kappa shape index (κ2) is 9.03. The zero-order valence-corrected chi connectivity index (χ0v) is 16.6. The molecule has 0 saturated carbocycles. The van der Waals surface area contributed by atoms with Crippen molar-refractivity contribution in [3.05, 3.63) is 52.2 Å². The van der Waals surface area contributed by atoms with Gasteiger partial charge in [-0.15, -0.1) is 24.0 Å². The molecule has 0 aliphatic carbocycles. The fraction of sp³-hybridized carbons (Fsp3) is 0.294. The van der Waals surface area contributed by atoms with E-state index in [4.69, 9.17) is 0 Å². The normalized spacial score (nSPS) is 13.5. The standard InChI is InChI=1S/C17H20N4OS.HI/c1-18-17(20-11-13-6-9-23-12-13)19-7-8-21-15-5-3-2-4-14(15)10-16(21)22;/h2-6,9,12H,7-8,10-11H2,1H3,(H2,18,19,20);1H. The highest BCUT2D eigenvalue weighted by Gasteiger charge is 2.25. The molecule has 0 bridgehead atoms. The van der Waals surface area contributed by atoms with Gasteiger partial charge in [-0.1, -0.05) is 18.2 Å². The molecule has 2 N–H and O–H groups in total. The number of fused-ring (bicyclic) bond motifs is 1. The minimum atomic E-state index is 0. The molecule has 2 heterocycles. The third-order valence-electron chi connectivity index (χ3n) is 3.82. The molecule has 0 saturated heterocycles. The highest BCUT2D eigenvalue weighted by Crippen LogP contribution is 2.27. The number of carbonyl (C=O) groups excluding carboxylic acids is 1. The Balaban J connectivity index is 0.00000208. The van der Waals surface area contributed by atoms with Crippen LogP contribution < -0.4 is 15.5 Å². The second-order valence-corrected chi connectivity index (χ2v) is 6.12. The van der Waals surface area contributed by atoms with E-state index in [0.717, 1.165) is 23.8 Å². The van der Waals surface area contributed by atoms with E-state index in [-0.39, 0.29) is 29.9 Å². The molecular weight excluding hydrogens is 435 g/mol. The van der Waals surface area contributed by atoms with Crippen LogP contribution in [0.25, 0.3) is 0 Å². The molecule has 1 aromatic carbocycles. The Bertz CT molecular complexity index is 702. The number of carbonyl (C=O) groups is 1. The van der Waals surface area contributed by atoms with E-state index < -0.39 is 0 Å². The summed E-state index contributed by atoms with van der Waals surface area (Å²) >= 11 is 1.68. The first-order valence-corrected chi connectivity index (χ1v) is 8.56. The smallest absolute Gasteiger partial charge is 0.231 e. The molecule has 1 amide bonds. The van der Waals surface area contributed by atoms with Gasteiger partial charge in [-0.05, 0) is 34.0 Å². The lowest BCUT2D eigenvalue weighted by molar-refractivity contribution is -0.117. The van der Waals surface area contributed by atoms with Gasteiger partial charge in [0.1, 0.15) is 0 Å². The molecule has 7 heteroatoms. The topological polar surface area (TPSA) is 56.7 Å². The van der Waals surface area contributed by atoms with Gasteiger partial charge >= 0.3 is 0 Å². The maximum absolute atomic E-state index is 12.1. The largest absolute Gasteiger partial charge is 0.355 e. The van der Waals surface area contributed by atoms with Crippen LogP contribution in [0.4, 0.5) is 5.69 Å². The maximum Gasteiger partial charge on any atom is 0.231 e. The summed E-state index contributed by atoms with van der Waals surface area (Å²) in [4.78, 5) is 18.2. The summed E-state index contributed by atoms with van der Waals surface area (Å²) in [7, 11) is 1.75. The number of benzene rings is 1. The molecule has 128 valence electrons. The molecule has 1 aromatic heterocycles. The fourth-order valence-corrected chi connectivity index (χ4v) is 3.32. The molecule has 24 heavy (non-hydrogen) atoms. The first kappa shape index (κ1) is 18.7. The summed E-state index contributed by atoms with van der Waals surface area (Å²) in [6.07, 6.45) is 0.501. The van der Waals surface area contributed by atoms with Gasteiger partial charge in [-0.2, -0.15) is 11.3 Å². The van der Waals surface area contributed by atoms with Gasteiger partial charge in [0, 0.05) is 32.4 Å². The Morgan fingerprint density at radius 2 is 2.12 bits per heavy atom. The Labute approximate surface area is 163 Å². The summed E-state index contributed by atoms with van der Waals surface area (Å²) in [6.45, 7) is 2.03. The zero-order valence-electron chi connectivity index (χ0n) is 13.5. The van der Waals surface area contributed by atoms with Crippen molar-refractivity contribution < 1.29 is 4.79 Å². The summed E-state index contributed by atoms with van der Waals surface area (Å²) in [6, 6.07) is 10.1. The van der Waals surface area contributed by atoms with Crippen LogP contribution in [0.15, 0.2) is 46.1 Å². The van der Waals surface area contributed by atoms with E-state index in [1.165, 1.54) is 5.56 Å². The monoisotopic (exact) mass is 456 g/mol. The lowest BCUT2D eigenvalue weighted by Gasteiger charge is -2.19. The minimum Gasteiger partial charge on any atom is -0.355 e. The van der Waals surface area contributed by atoms with Crippen LogP contribution >= 0.6 is 35.3 Å². The number of nitrogens with zero attached hydrogens (tertiary/aromatic N) is 2. The van der Waals surface area contributed by atoms with Crippen molar-refractivity contribution in [3.8, 4) is 0 Å². The van der Waals surface area contributed by atoms with E-state index in [1.54, 1.807) is 18.4 Å². The Morgan fingerprint density at radius 1 is 1.29 bits per heavy atom. The van der Waals surface area contributed by atoms with Gasteiger partial charge in [-0.3, -0.25) is 9.79 Å². The maximum atomic E-state index is 12.1. The van der Waals surface area contributed by atoms with Gasteiger partial charge < -0.3 is 15.5 Å². The van der Waals surface area contributed by atoms with Gasteiger partial charge in [0.2, 0.25) is 5.91 Å². The van der Waals surface area contributed by atoms with Crippen LogP contribution in [0.1, 0.15) is 11.1 Å². The number of halogens is 1. The number of rotatable bonds is 5.